The van der Waals surface area contributed by atoms with E-state index >= 15 is 0 Å². The van der Waals surface area contributed by atoms with Gasteiger partial charge in [0.25, 0.3) is 0 Å². The number of imidazole rings is 1. The highest BCUT2D eigenvalue weighted by Crippen LogP contribution is 2.06. The third-order valence-electron chi connectivity index (χ3n) is 2.31. The summed E-state index contributed by atoms with van der Waals surface area (Å²) in [5.74, 6) is -0.496. The van der Waals surface area contributed by atoms with Crippen LogP contribution in [0.25, 0.3) is 5.65 Å². The fraction of sp³-hybridized carbons (Fsp3) is 0.200. The topological polar surface area (TPSA) is 84.1 Å². The maximum atomic E-state index is 11.6. The average molecular weight is 234 g/mol. The highest BCUT2D eigenvalue weighted by molar-refractivity contribution is 6.58. The molecule has 2 heterocycles. The first kappa shape index (κ1) is 11.6. The molecule has 0 fully saturated rings. The summed E-state index contributed by atoms with van der Waals surface area (Å²) < 4.78 is 6.33. The standard InChI is InChI=1S/C10H11BN2O4/c1-2-17-10(14)8-5-12-9-4-3-7(11(15)16)6-13(8)9/h3-6,15-16H,2H2,1H3. The number of pyridine rings is 1. The van der Waals surface area contributed by atoms with E-state index in [9.17, 15) is 4.79 Å². The van der Waals surface area contributed by atoms with Crippen LogP contribution < -0.4 is 5.46 Å². The van der Waals surface area contributed by atoms with E-state index in [1.807, 2.05) is 0 Å². The Balaban J connectivity index is 2.50. The van der Waals surface area contributed by atoms with Crippen LogP contribution >= 0.6 is 0 Å². The van der Waals surface area contributed by atoms with Crippen molar-refractivity contribution in [3.05, 3.63) is 30.2 Å². The van der Waals surface area contributed by atoms with Crippen molar-refractivity contribution in [1.82, 2.24) is 9.38 Å². The maximum absolute atomic E-state index is 11.6. The molecule has 7 heteroatoms. The van der Waals surface area contributed by atoms with Gasteiger partial charge >= 0.3 is 13.1 Å². The summed E-state index contributed by atoms with van der Waals surface area (Å²) in [6, 6.07) is 3.12. The van der Waals surface area contributed by atoms with Crippen LogP contribution in [0.5, 0.6) is 0 Å². The molecule has 17 heavy (non-hydrogen) atoms. The summed E-state index contributed by atoms with van der Waals surface area (Å²) in [7, 11) is -1.59. The van der Waals surface area contributed by atoms with Crippen molar-refractivity contribution in [2.75, 3.05) is 6.61 Å². The van der Waals surface area contributed by atoms with Crippen molar-refractivity contribution in [3.8, 4) is 0 Å². The number of aromatic nitrogens is 2. The van der Waals surface area contributed by atoms with Crippen LogP contribution in [0.4, 0.5) is 0 Å². The molecule has 0 atom stereocenters. The van der Waals surface area contributed by atoms with E-state index in [0.29, 0.717) is 5.65 Å². The number of nitrogens with zero attached hydrogens (tertiary/aromatic N) is 2. The molecule has 0 aliphatic heterocycles. The first-order valence-electron chi connectivity index (χ1n) is 5.13. The van der Waals surface area contributed by atoms with Gasteiger partial charge in [0, 0.05) is 6.20 Å². The molecule has 2 aromatic heterocycles. The number of hydrogen-bond donors (Lipinski definition) is 2. The van der Waals surface area contributed by atoms with Gasteiger partial charge < -0.3 is 14.8 Å². The third kappa shape index (κ3) is 2.15. The van der Waals surface area contributed by atoms with Crippen molar-refractivity contribution < 1.29 is 19.6 Å². The van der Waals surface area contributed by atoms with Crippen LogP contribution in [0.2, 0.25) is 0 Å². The Kier molecular flexibility index (Phi) is 3.12. The Bertz CT molecular complexity index is 552. The van der Waals surface area contributed by atoms with Crippen LogP contribution in [0.1, 0.15) is 17.4 Å². The van der Waals surface area contributed by atoms with Crippen LogP contribution in [0.15, 0.2) is 24.5 Å². The lowest BCUT2D eigenvalue weighted by Crippen LogP contribution is -2.30. The Labute approximate surface area is 97.6 Å². The second-order valence-corrected chi connectivity index (χ2v) is 3.43. The number of hydrogen-bond acceptors (Lipinski definition) is 5. The van der Waals surface area contributed by atoms with Gasteiger partial charge in [-0.05, 0) is 18.5 Å². The molecule has 0 unspecified atom stereocenters. The molecular weight excluding hydrogens is 223 g/mol. The molecule has 2 aromatic rings. The number of carbonyl (C=O) groups excluding carboxylic acids is 1. The van der Waals surface area contributed by atoms with Gasteiger partial charge in [0.2, 0.25) is 0 Å². The van der Waals surface area contributed by atoms with Crippen molar-refractivity contribution in [1.29, 1.82) is 0 Å². The summed E-state index contributed by atoms with van der Waals surface area (Å²) in [6.45, 7) is 1.98. The molecule has 0 aliphatic rings. The third-order valence-corrected chi connectivity index (χ3v) is 2.31. The lowest BCUT2D eigenvalue weighted by Gasteiger charge is -2.04. The molecule has 0 radical (unpaired) electrons. The summed E-state index contributed by atoms with van der Waals surface area (Å²) in [5.41, 5.74) is 1.07. The van der Waals surface area contributed by atoms with E-state index in [1.165, 1.54) is 22.9 Å². The highest BCUT2D eigenvalue weighted by atomic mass is 16.5. The van der Waals surface area contributed by atoms with Crippen molar-refractivity contribution in [2.24, 2.45) is 0 Å². The van der Waals surface area contributed by atoms with Gasteiger partial charge in [-0.1, -0.05) is 6.07 Å². The zero-order valence-electron chi connectivity index (χ0n) is 9.20. The Morgan fingerprint density at radius 1 is 1.53 bits per heavy atom. The number of fused-ring (bicyclic) bond motifs is 1. The number of carbonyl (C=O) groups is 1. The molecular formula is C10H11BN2O4. The van der Waals surface area contributed by atoms with Gasteiger partial charge in [-0.3, -0.25) is 4.40 Å². The Morgan fingerprint density at radius 2 is 2.29 bits per heavy atom. The zero-order valence-corrected chi connectivity index (χ0v) is 9.20. The van der Waals surface area contributed by atoms with Gasteiger partial charge in [0.15, 0.2) is 5.69 Å². The van der Waals surface area contributed by atoms with E-state index < -0.39 is 13.1 Å². The Morgan fingerprint density at radius 3 is 2.94 bits per heavy atom. The minimum absolute atomic E-state index is 0.254. The monoisotopic (exact) mass is 234 g/mol. The van der Waals surface area contributed by atoms with E-state index in [4.69, 9.17) is 14.8 Å². The number of ether oxygens (including phenoxy) is 1. The molecule has 2 N–H and O–H groups in total. The molecule has 0 bridgehead atoms. The van der Waals surface area contributed by atoms with E-state index in [-0.39, 0.29) is 17.8 Å². The molecule has 0 amide bonds. The zero-order chi connectivity index (χ0) is 12.4. The second kappa shape index (κ2) is 4.56. The predicted octanol–water partition coefficient (Wildman–Crippen LogP) is -0.809. The molecule has 2 rings (SSSR count). The predicted molar refractivity (Wildman–Crippen MR) is 61.0 cm³/mol. The molecule has 0 saturated carbocycles. The van der Waals surface area contributed by atoms with E-state index in [0.717, 1.165) is 0 Å². The van der Waals surface area contributed by atoms with E-state index in [1.54, 1.807) is 13.0 Å². The molecule has 0 saturated heterocycles. The normalized spacial score (nSPS) is 10.5. The minimum Gasteiger partial charge on any atom is -0.461 e. The second-order valence-electron chi connectivity index (χ2n) is 3.43. The average Bonchev–Trinajstić information content (AvgIpc) is 2.71. The van der Waals surface area contributed by atoms with Gasteiger partial charge in [0.05, 0.1) is 12.8 Å². The van der Waals surface area contributed by atoms with Crippen LogP contribution in [-0.2, 0) is 4.74 Å². The van der Waals surface area contributed by atoms with Gasteiger partial charge in [-0.25, -0.2) is 9.78 Å². The largest absolute Gasteiger partial charge is 0.489 e. The smallest absolute Gasteiger partial charge is 0.461 e. The van der Waals surface area contributed by atoms with Crippen molar-refractivity contribution >= 4 is 24.2 Å². The van der Waals surface area contributed by atoms with Crippen LogP contribution in [-0.4, -0.2) is 39.1 Å². The maximum Gasteiger partial charge on any atom is 0.489 e. The van der Waals surface area contributed by atoms with Crippen molar-refractivity contribution in [3.63, 3.8) is 0 Å². The van der Waals surface area contributed by atoms with E-state index in [2.05, 4.69) is 4.98 Å². The van der Waals surface area contributed by atoms with Gasteiger partial charge in [-0.15, -0.1) is 0 Å². The minimum atomic E-state index is -1.59. The SMILES string of the molecule is CCOC(=O)c1cnc2ccc(B(O)O)cn12. The van der Waals surface area contributed by atoms with Gasteiger partial charge in [-0.2, -0.15) is 0 Å². The number of esters is 1. The van der Waals surface area contributed by atoms with Crippen LogP contribution in [0, 0.1) is 0 Å². The van der Waals surface area contributed by atoms with Crippen LogP contribution in [0.3, 0.4) is 0 Å². The summed E-state index contributed by atoms with van der Waals surface area (Å²) in [4.78, 5) is 15.6. The summed E-state index contributed by atoms with van der Waals surface area (Å²) in [5, 5.41) is 18.1. The number of rotatable bonds is 3. The molecule has 0 spiro atoms. The molecule has 6 nitrogen and oxygen atoms in total. The summed E-state index contributed by atoms with van der Waals surface area (Å²) >= 11 is 0. The quantitative estimate of drug-likeness (QED) is 0.536. The highest BCUT2D eigenvalue weighted by Gasteiger charge is 2.16. The molecule has 0 aliphatic carbocycles. The first-order chi connectivity index (χ1) is 8.13. The summed E-state index contributed by atoms with van der Waals surface area (Å²) in [6.07, 6.45) is 2.83. The fourth-order valence-corrected chi connectivity index (χ4v) is 1.51. The molecule has 88 valence electrons. The first-order valence-corrected chi connectivity index (χ1v) is 5.13. The Hall–Kier alpha value is -1.86. The fourth-order valence-electron chi connectivity index (χ4n) is 1.51. The molecule has 0 aromatic carbocycles. The van der Waals surface area contributed by atoms with Gasteiger partial charge in [0.1, 0.15) is 5.65 Å². The lowest BCUT2D eigenvalue weighted by molar-refractivity contribution is 0.0518. The van der Waals surface area contributed by atoms with Crippen molar-refractivity contribution in [2.45, 2.75) is 6.92 Å². The lowest BCUT2D eigenvalue weighted by atomic mass is 9.82.